The van der Waals surface area contributed by atoms with Crippen LogP contribution >= 0.6 is 0 Å². The number of anilines is 2. The molecule has 1 fully saturated rings. The van der Waals surface area contributed by atoms with E-state index in [1.165, 1.54) is 29.2 Å². The van der Waals surface area contributed by atoms with Crippen LogP contribution in [0.2, 0.25) is 0 Å². The smallest absolute Gasteiger partial charge is 0.456 e. The van der Waals surface area contributed by atoms with Gasteiger partial charge < -0.3 is 15.0 Å². The Balaban J connectivity index is 1.47. The lowest BCUT2D eigenvalue weighted by molar-refractivity contribution is -0.289. The summed E-state index contributed by atoms with van der Waals surface area (Å²) >= 11 is 0. The van der Waals surface area contributed by atoms with Crippen LogP contribution in [0.5, 0.6) is 5.75 Å². The zero-order chi connectivity index (χ0) is 24.5. The summed E-state index contributed by atoms with van der Waals surface area (Å²) in [6.45, 7) is 2.93. The highest BCUT2D eigenvalue weighted by Crippen LogP contribution is 2.36. The third-order valence-electron chi connectivity index (χ3n) is 5.38. The molecule has 34 heavy (non-hydrogen) atoms. The van der Waals surface area contributed by atoms with Crippen LogP contribution in [-0.4, -0.2) is 62.4 Å². The maximum Gasteiger partial charge on any atom is 0.456 e. The Morgan fingerprint density at radius 2 is 2.09 bits per heavy atom. The average molecular weight is 487 g/mol. The normalized spacial score (nSPS) is 17.7. The second-order valence-electron chi connectivity index (χ2n) is 7.66. The number of halogens is 6. The summed E-state index contributed by atoms with van der Waals surface area (Å²) in [6.07, 6.45) is 0.377. The van der Waals surface area contributed by atoms with E-state index < -0.39 is 24.5 Å². The van der Waals surface area contributed by atoms with Gasteiger partial charge in [0.2, 0.25) is 5.95 Å². The fourth-order valence-electron chi connectivity index (χ4n) is 3.64. The standard InChI is InChI=1S/C20H19F6N7O/c1-2-14(12-5-7-32(9-12)16-13(21)8-27-11-28-16)29-18-30-17-15(4-3-6-33(17)31-18)34-10-19(22,23)20(24,25)26/h2-4,6,8,11-12,14H,1,5,7,9-10H2,(H,29,31). The molecule has 0 radical (unpaired) electrons. The van der Waals surface area contributed by atoms with Crippen molar-refractivity contribution in [2.75, 3.05) is 29.9 Å². The van der Waals surface area contributed by atoms with Crippen molar-refractivity contribution in [1.29, 1.82) is 0 Å². The summed E-state index contributed by atoms with van der Waals surface area (Å²) in [5, 5.41) is 7.25. The molecule has 3 aromatic rings. The van der Waals surface area contributed by atoms with E-state index in [9.17, 15) is 26.3 Å². The largest absolute Gasteiger partial charge is 0.483 e. The van der Waals surface area contributed by atoms with Crippen LogP contribution < -0.4 is 15.0 Å². The molecule has 2 unspecified atom stereocenters. The first-order chi connectivity index (χ1) is 16.1. The quantitative estimate of drug-likeness (QED) is 0.383. The minimum absolute atomic E-state index is 0.0142. The summed E-state index contributed by atoms with van der Waals surface area (Å²) in [5.41, 5.74) is -0.0399. The number of ether oxygens (including phenoxy) is 1. The molecule has 3 aromatic heterocycles. The lowest BCUT2D eigenvalue weighted by Gasteiger charge is -2.22. The molecule has 14 heteroatoms. The van der Waals surface area contributed by atoms with Crippen LogP contribution in [-0.2, 0) is 0 Å². The number of aromatic nitrogens is 5. The van der Waals surface area contributed by atoms with Crippen LogP contribution in [0, 0.1) is 11.7 Å². The van der Waals surface area contributed by atoms with Crippen LogP contribution in [0.4, 0.5) is 38.1 Å². The number of rotatable bonds is 8. The van der Waals surface area contributed by atoms with E-state index in [0.29, 0.717) is 19.5 Å². The van der Waals surface area contributed by atoms with E-state index in [-0.39, 0.29) is 35.1 Å². The van der Waals surface area contributed by atoms with Crippen molar-refractivity contribution in [1.82, 2.24) is 24.6 Å². The minimum atomic E-state index is -5.74. The minimum Gasteiger partial charge on any atom is -0.483 e. The summed E-state index contributed by atoms with van der Waals surface area (Å²) < 4.78 is 83.7. The van der Waals surface area contributed by atoms with Crippen LogP contribution in [0.1, 0.15) is 6.42 Å². The van der Waals surface area contributed by atoms with Gasteiger partial charge in [-0.05, 0) is 18.6 Å². The van der Waals surface area contributed by atoms with Crippen LogP contribution in [0.25, 0.3) is 5.65 Å². The molecule has 0 aliphatic carbocycles. The molecule has 2 atom stereocenters. The van der Waals surface area contributed by atoms with Gasteiger partial charge in [0, 0.05) is 25.2 Å². The Bertz CT molecular complexity index is 1170. The van der Waals surface area contributed by atoms with Gasteiger partial charge in [0.05, 0.1) is 12.2 Å². The van der Waals surface area contributed by atoms with Gasteiger partial charge in [-0.2, -0.15) is 26.9 Å². The average Bonchev–Trinajstić information content (AvgIpc) is 3.43. The van der Waals surface area contributed by atoms with Crippen molar-refractivity contribution in [3.8, 4) is 5.75 Å². The monoisotopic (exact) mass is 487 g/mol. The molecule has 4 heterocycles. The Hall–Kier alpha value is -3.58. The van der Waals surface area contributed by atoms with E-state index in [2.05, 4.69) is 31.9 Å². The molecule has 0 spiro atoms. The van der Waals surface area contributed by atoms with Crippen LogP contribution in [0.15, 0.2) is 43.5 Å². The fourth-order valence-corrected chi connectivity index (χ4v) is 3.64. The lowest BCUT2D eigenvalue weighted by atomic mass is 9.99. The van der Waals surface area contributed by atoms with E-state index in [1.54, 1.807) is 11.0 Å². The first kappa shape index (κ1) is 23.6. The molecule has 0 amide bonds. The molecule has 0 aromatic carbocycles. The van der Waals surface area contributed by atoms with E-state index in [4.69, 9.17) is 4.74 Å². The van der Waals surface area contributed by atoms with Gasteiger partial charge in [0.15, 0.2) is 29.6 Å². The molecular weight excluding hydrogens is 468 g/mol. The number of fused-ring (bicyclic) bond motifs is 1. The Kier molecular flexibility index (Phi) is 6.23. The predicted molar refractivity (Wildman–Crippen MR) is 109 cm³/mol. The van der Waals surface area contributed by atoms with Gasteiger partial charge in [-0.15, -0.1) is 11.7 Å². The highest BCUT2D eigenvalue weighted by molar-refractivity contribution is 5.56. The van der Waals surface area contributed by atoms with E-state index >= 15 is 0 Å². The highest BCUT2D eigenvalue weighted by atomic mass is 19.4. The number of hydrogen-bond acceptors (Lipinski definition) is 7. The van der Waals surface area contributed by atoms with E-state index in [0.717, 1.165) is 6.20 Å². The maximum atomic E-state index is 14.0. The molecular formula is C20H19F6N7O. The SMILES string of the molecule is C=CC(Nc1nc2c(OCC(F)(F)C(F)(F)F)cccn2n1)C1CCN(c2ncncc2F)C1. The molecule has 182 valence electrons. The second kappa shape index (κ2) is 8.99. The maximum absolute atomic E-state index is 14.0. The number of nitrogens with one attached hydrogen (secondary N) is 1. The number of hydrogen-bond donors (Lipinski definition) is 1. The fraction of sp³-hybridized carbons (Fsp3) is 0.400. The van der Waals surface area contributed by atoms with Crippen molar-refractivity contribution < 1.29 is 31.1 Å². The van der Waals surface area contributed by atoms with Gasteiger partial charge in [-0.3, -0.25) is 0 Å². The lowest BCUT2D eigenvalue weighted by Crippen LogP contribution is -2.41. The van der Waals surface area contributed by atoms with Gasteiger partial charge in [-0.1, -0.05) is 6.08 Å². The third-order valence-corrected chi connectivity index (χ3v) is 5.38. The molecule has 1 aliphatic heterocycles. The summed E-state index contributed by atoms with van der Waals surface area (Å²) in [5.74, 6) is -5.56. The van der Waals surface area contributed by atoms with Gasteiger partial charge in [0.25, 0.3) is 0 Å². The van der Waals surface area contributed by atoms with Crippen molar-refractivity contribution in [2.24, 2.45) is 5.92 Å². The number of nitrogens with zero attached hydrogens (tertiary/aromatic N) is 6. The van der Waals surface area contributed by atoms with E-state index in [1.807, 2.05) is 0 Å². The van der Waals surface area contributed by atoms with Gasteiger partial charge >= 0.3 is 12.1 Å². The molecule has 4 rings (SSSR count). The molecule has 1 aliphatic rings. The summed E-state index contributed by atoms with van der Waals surface area (Å²) in [7, 11) is 0. The van der Waals surface area contributed by atoms with Crippen molar-refractivity contribution >= 4 is 17.4 Å². The first-order valence-corrected chi connectivity index (χ1v) is 10.1. The van der Waals surface area contributed by atoms with Crippen molar-refractivity contribution in [3.05, 3.63) is 49.3 Å². The van der Waals surface area contributed by atoms with Gasteiger partial charge in [0.1, 0.15) is 6.33 Å². The zero-order valence-electron chi connectivity index (χ0n) is 17.5. The highest BCUT2D eigenvalue weighted by Gasteiger charge is 2.58. The molecule has 0 saturated carbocycles. The predicted octanol–water partition coefficient (Wildman–Crippen LogP) is 3.73. The molecule has 0 bridgehead atoms. The number of alkyl halides is 5. The first-order valence-electron chi connectivity index (χ1n) is 10.1. The van der Waals surface area contributed by atoms with Gasteiger partial charge in [-0.25, -0.2) is 18.9 Å². The third kappa shape index (κ3) is 4.70. The Labute approximate surface area is 189 Å². The molecule has 8 nitrogen and oxygen atoms in total. The van der Waals surface area contributed by atoms with Crippen molar-refractivity contribution in [2.45, 2.75) is 24.6 Å². The Morgan fingerprint density at radius 1 is 1.29 bits per heavy atom. The van der Waals surface area contributed by atoms with Crippen molar-refractivity contribution in [3.63, 3.8) is 0 Å². The summed E-state index contributed by atoms with van der Waals surface area (Å²) in [6, 6.07) is 2.25. The summed E-state index contributed by atoms with van der Waals surface area (Å²) in [4.78, 5) is 13.6. The Morgan fingerprint density at radius 3 is 2.79 bits per heavy atom. The topological polar surface area (TPSA) is 80.5 Å². The number of pyridine rings is 1. The second-order valence-corrected chi connectivity index (χ2v) is 7.66. The van der Waals surface area contributed by atoms with Crippen LogP contribution in [0.3, 0.4) is 0 Å². The molecule has 1 saturated heterocycles. The molecule has 1 N–H and O–H groups in total. The zero-order valence-corrected chi connectivity index (χ0v) is 17.5.